The van der Waals surface area contributed by atoms with Crippen molar-refractivity contribution >= 4 is 53.1 Å². The molecule has 0 heterocycles. The third-order valence-electron chi connectivity index (χ3n) is 2.83. The van der Waals surface area contributed by atoms with Crippen molar-refractivity contribution in [2.45, 2.75) is 23.6 Å². The monoisotopic (exact) mass is 492 g/mol. The molecule has 0 atom stereocenters. The number of rotatable bonds is 3. The van der Waals surface area contributed by atoms with E-state index < -0.39 is 19.2 Å². The summed E-state index contributed by atoms with van der Waals surface area (Å²) in [5.41, 5.74) is 2.03. The first-order valence-corrected chi connectivity index (χ1v) is 12.2. The maximum absolute atomic E-state index is 11.1. The van der Waals surface area contributed by atoms with Crippen LogP contribution in [0.3, 0.4) is 0 Å². The van der Waals surface area contributed by atoms with Crippen molar-refractivity contribution in [1.82, 2.24) is 0 Å². The van der Waals surface area contributed by atoms with Gasteiger partial charge in [0.05, 0.1) is 22.2 Å². The lowest BCUT2D eigenvalue weighted by Gasteiger charge is -2.00. The van der Waals surface area contributed by atoms with Crippen LogP contribution in [0.2, 0.25) is 0 Å². The van der Waals surface area contributed by atoms with Gasteiger partial charge in [-0.3, -0.25) is 4.18 Å². The van der Waals surface area contributed by atoms with Crippen molar-refractivity contribution in [3.8, 4) is 0 Å². The second-order valence-electron chi connectivity index (χ2n) is 4.79. The average Bonchev–Trinajstić information content (AvgIpc) is 2.64. The summed E-state index contributed by atoms with van der Waals surface area (Å²) < 4.78 is 47.9. The summed E-state index contributed by atoms with van der Waals surface area (Å²) >= 11 is 9.53. The molecule has 1 N–H and O–H groups in total. The van der Waals surface area contributed by atoms with E-state index in [4.69, 9.17) is 39.0 Å². The maximum atomic E-state index is 11.1. The van der Waals surface area contributed by atoms with Crippen LogP contribution < -0.4 is 0 Å². The fourth-order valence-electron chi connectivity index (χ4n) is 1.50. The van der Waals surface area contributed by atoms with E-state index in [0.29, 0.717) is 0 Å². The molecule has 2 aromatic carbocycles. The molecule has 0 saturated carbocycles. The third kappa shape index (κ3) is 12.6. The zero-order valence-electron chi connectivity index (χ0n) is 15.8. The summed E-state index contributed by atoms with van der Waals surface area (Å²) in [5, 5.41) is 7.19. The highest BCUT2D eigenvalue weighted by Gasteiger charge is 2.11. The van der Waals surface area contributed by atoms with Crippen molar-refractivity contribution in [2.24, 2.45) is 0 Å². The SMILES string of the molecule is CO.COS(=O)(=O)c1ccc(C)cc1.Cc1ccc(S(=O)(=O)Cl)cc1.ClCCl. The van der Waals surface area contributed by atoms with Gasteiger partial charge in [-0.1, -0.05) is 35.4 Å². The summed E-state index contributed by atoms with van der Waals surface area (Å²) in [6.07, 6.45) is 0. The molecule has 11 heteroatoms. The molecule has 0 saturated heterocycles. The second-order valence-corrected chi connectivity index (χ2v) is 9.87. The van der Waals surface area contributed by atoms with Crippen LogP contribution in [0.25, 0.3) is 0 Å². The Kier molecular flexibility index (Phi) is 15.7. The van der Waals surface area contributed by atoms with Gasteiger partial charge in [0.25, 0.3) is 19.2 Å². The third-order valence-corrected chi connectivity index (χ3v) is 5.49. The number of benzene rings is 2. The van der Waals surface area contributed by atoms with Crippen LogP contribution in [0.5, 0.6) is 0 Å². The lowest BCUT2D eigenvalue weighted by atomic mass is 10.2. The first-order valence-electron chi connectivity index (χ1n) is 7.43. The summed E-state index contributed by atoms with van der Waals surface area (Å²) in [4.78, 5) is 0.334. The maximum Gasteiger partial charge on any atom is 0.296 e. The molecule has 0 aliphatic heterocycles. The minimum absolute atomic E-state index is 0.143. The fraction of sp³-hybridized carbons (Fsp3) is 0.294. The summed E-state index contributed by atoms with van der Waals surface area (Å²) in [6.45, 7) is 3.77. The van der Waals surface area contributed by atoms with Gasteiger partial charge in [-0.25, -0.2) is 8.42 Å². The Labute approximate surface area is 181 Å². The zero-order valence-corrected chi connectivity index (χ0v) is 19.7. The van der Waals surface area contributed by atoms with Gasteiger partial charge in [-0.05, 0) is 38.1 Å². The number of alkyl halides is 2. The molecule has 160 valence electrons. The van der Waals surface area contributed by atoms with E-state index in [0.717, 1.165) is 25.3 Å². The van der Waals surface area contributed by atoms with Gasteiger partial charge in [0.2, 0.25) is 0 Å². The first kappa shape index (κ1) is 29.3. The highest BCUT2D eigenvalue weighted by atomic mass is 35.7. The zero-order chi connectivity index (χ0) is 22.4. The van der Waals surface area contributed by atoms with Crippen LogP contribution >= 0.6 is 33.9 Å². The molecule has 0 radical (unpaired) electrons. The Morgan fingerprint density at radius 3 is 1.32 bits per heavy atom. The van der Waals surface area contributed by atoms with Gasteiger partial charge in [0.1, 0.15) is 0 Å². The Hall–Kier alpha value is -0.870. The molecule has 0 bridgehead atoms. The molecule has 0 spiro atoms. The lowest BCUT2D eigenvalue weighted by molar-refractivity contribution is 0.397. The Bertz CT molecular complexity index is 866. The number of aryl methyl sites for hydroxylation is 2. The Balaban J connectivity index is 0. The minimum Gasteiger partial charge on any atom is -0.400 e. The molecular formula is C17H23Cl3O6S2. The van der Waals surface area contributed by atoms with E-state index in [1.807, 2.05) is 13.8 Å². The molecule has 6 nitrogen and oxygen atoms in total. The second kappa shape index (κ2) is 15.0. The highest BCUT2D eigenvalue weighted by Crippen LogP contribution is 2.14. The molecule has 0 unspecified atom stereocenters. The van der Waals surface area contributed by atoms with Gasteiger partial charge in [0.15, 0.2) is 0 Å². The van der Waals surface area contributed by atoms with Gasteiger partial charge in [-0.2, -0.15) is 8.42 Å². The van der Waals surface area contributed by atoms with E-state index >= 15 is 0 Å². The molecule has 0 amide bonds. The predicted molar refractivity (Wildman–Crippen MR) is 114 cm³/mol. The average molecular weight is 494 g/mol. The van der Waals surface area contributed by atoms with Crippen molar-refractivity contribution in [3.63, 3.8) is 0 Å². The number of hydrogen-bond donors (Lipinski definition) is 1. The van der Waals surface area contributed by atoms with Crippen LogP contribution in [0.4, 0.5) is 0 Å². The van der Waals surface area contributed by atoms with Gasteiger partial charge in [0, 0.05) is 17.8 Å². The molecule has 0 aliphatic rings. The molecule has 0 aliphatic carbocycles. The Morgan fingerprint density at radius 2 is 1.07 bits per heavy atom. The van der Waals surface area contributed by atoms with Gasteiger partial charge < -0.3 is 5.11 Å². The highest BCUT2D eigenvalue weighted by molar-refractivity contribution is 8.13. The summed E-state index contributed by atoms with van der Waals surface area (Å²) in [6, 6.07) is 12.9. The van der Waals surface area contributed by atoms with Crippen LogP contribution in [0.15, 0.2) is 58.3 Å². The van der Waals surface area contributed by atoms with E-state index in [9.17, 15) is 16.8 Å². The van der Waals surface area contributed by atoms with Crippen LogP contribution in [-0.4, -0.2) is 41.5 Å². The number of aliphatic hydroxyl groups excluding tert-OH is 1. The largest absolute Gasteiger partial charge is 0.400 e. The smallest absolute Gasteiger partial charge is 0.296 e. The topological polar surface area (TPSA) is 97.7 Å². The molecule has 0 fully saturated rings. The lowest BCUT2D eigenvalue weighted by Crippen LogP contribution is -2.02. The van der Waals surface area contributed by atoms with Crippen molar-refractivity contribution in [1.29, 1.82) is 0 Å². The molecule has 2 aromatic rings. The van der Waals surface area contributed by atoms with Crippen molar-refractivity contribution in [3.05, 3.63) is 59.7 Å². The fourth-order valence-corrected chi connectivity index (χ4v) is 2.93. The number of aliphatic hydroxyl groups is 1. The molecule has 2 rings (SSSR count). The van der Waals surface area contributed by atoms with Crippen molar-refractivity contribution < 1.29 is 26.1 Å². The van der Waals surface area contributed by atoms with Gasteiger partial charge >= 0.3 is 0 Å². The summed E-state index contributed by atoms with van der Waals surface area (Å²) in [5.74, 6) is 0. The quantitative estimate of drug-likeness (QED) is 0.389. The van der Waals surface area contributed by atoms with Crippen molar-refractivity contribution in [2.75, 3.05) is 19.6 Å². The standard InChI is InChI=1S/C8H10O3S.C7H7ClO2S.CH2Cl2.CH4O/c1-7-3-5-8(6-4-7)12(9,10)11-2;1-6-2-4-7(5-3-6)11(8,9)10;2-1-3;1-2/h3-6H,1-2H3;2-5H,1H3;1H2;2H,1H3. The normalized spacial score (nSPS) is 10.3. The van der Waals surface area contributed by atoms with E-state index in [1.165, 1.54) is 24.3 Å². The number of hydrogen-bond acceptors (Lipinski definition) is 6. The van der Waals surface area contributed by atoms with Crippen LogP contribution in [0, 0.1) is 13.8 Å². The van der Waals surface area contributed by atoms with Gasteiger partial charge in [-0.15, -0.1) is 23.2 Å². The summed E-state index contributed by atoms with van der Waals surface area (Å²) in [7, 11) is 0.169. The van der Waals surface area contributed by atoms with E-state index in [1.54, 1.807) is 24.3 Å². The molecule has 28 heavy (non-hydrogen) atoms. The molecular weight excluding hydrogens is 471 g/mol. The molecule has 0 aromatic heterocycles. The number of halogens is 3. The first-order chi connectivity index (χ1) is 13.0. The van der Waals surface area contributed by atoms with E-state index in [-0.39, 0.29) is 15.1 Å². The van der Waals surface area contributed by atoms with E-state index in [2.05, 4.69) is 4.18 Å². The predicted octanol–water partition coefficient (Wildman–Crippen LogP) is 4.28. The Morgan fingerprint density at radius 1 is 0.786 bits per heavy atom. The van der Waals surface area contributed by atoms with Crippen LogP contribution in [0.1, 0.15) is 11.1 Å². The van der Waals surface area contributed by atoms with Crippen LogP contribution in [-0.2, 0) is 23.4 Å². The minimum atomic E-state index is -3.55.